The fourth-order valence-corrected chi connectivity index (χ4v) is 2.35. The summed E-state index contributed by atoms with van der Waals surface area (Å²) < 4.78 is 0. The minimum absolute atomic E-state index is 0.0697. The van der Waals surface area contributed by atoms with E-state index in [1.165, 1.54) is 5.56 Å². The highest BCUT2D eigenvalue weighted by molar-refractivity contribution is 6.30. The first-order chi connectivity index (χ1) is 10.7. The van der Waals surface area contributed by atoms with Gasteiger partial charge in [-0.05, 0) is 48.6 Å². The maximum absolute atomic E-state index is 11.7. The molecule has 0 aliphatic heterocycles. The Morgan fingerprint density at radius 2 is 1.86 bits per heavy atom. The lowest BCUT2D eigenvalue weighted by molar-refractivity contribution is -0.116. The second-order valence-electron chi connectivity index (χ2n) is 5.12. The summed E-state index contributed by atoms with van der Waals surface area (Å²) in [6.45, 7) is 0.700. The van der Waals surface area contributed by atoms with Crippen LogP contribution in [0.2, 0.25) is 5.02 Å². The summed E-state index contributed by atoms with van der Waals surface area (Å²) in [5, 5.41) is 3.56. The van der Waals surface area contributed by atoms with Crippen molar-refractivity contribution in [2.45, 2.75) is 19.3 Å². The molecule has 0 unspecified atom stereocenters. The van der Waals surface area contributed by atoms with Crippen molar-refractivity contribution >= 4 is 23.6 Å². The van der Waals surface area contributed by atoms with Gasteiger partial charge in [-0.25, -0.2) is 0 Å². The summed E-state index contributed by atoms with van der Waals surface area (Å²) in [5.74, 6) is -0.0697. The van der Waals surface area contributed by atoms with Crippen molar-refractivity contribution < 1.29 is 4.79 Å². The molecule has 0 fully saturated rings. The molecule has 2 aromatic rings. The first kappa shape index (κ1) is 16.3. The third-order valence-corrected chi connectivity index (χ3v) is 3.55. The van der Waals surface area contributed by atoms with E-state index in [2.05, 4.69) is 29.6 Å². The molecule has 2 nitrogen and oxygen atoms in total. The second kappa shape index (κ2) is 9.06. The third kappa shape index (κ3) is 6.15. The number of carbonyl (C=O) groups excluding carboxylic acids is 1. The Kier molecular flexibility index (Phi) is 6.72. The van der Waals surface area contributed by atoms with Crippen molar-refractivity contribution in [3.05, 3.63) is 76.8 Å². The van der Waals surface area contributed by atoms with E-state index in [0.717, 1.165) is 24.8 Å². The second-order valence-corrected chi connectivity index (χ2v) is 5.56. The van der Waals surface area contributed by atoms with Crippen molar-refractivity contribution in [1.29, 1.82) is 0 Å². The quantitative estimate of drug-likeness (QED) is 0.592. The van der Waals surface area contributed by atoms with Crippen molar-refractivity contribution in [3.8, 4) is 0 Å². The molecule has 0 spiro atoms. The van der Waals surface area contributed by atoms with E-state index in [9.17, 15) is 4.79 Å². The molecule has 0 heterocycles. The Bertz CT molecular complexity index is 622. The van der Waals surface area contributed by atoms with Crippen LogP contribution in [-0.2, 0) is 11.2 Å². The molecule has 0 saturated carbocycles. The third-order valence-electron chi connectivity index (χ3n) is 3.31. The summed E-state index contributed by atoms with van der Waals surface area (Å²) in [6, 6.07) is 17.8. The number of halogens is 1. The molecule has 1 amide bonds. The molecule has 0 atom stereocenters. The molecule has 22 heavy (non-hydrogen) atoms. The molecule has 0 aliphatic rings. The Labute approximate surface area is 136 Å². The standard InChI is InChI=1S/C19H20ClNO/c20-18-11-6-10-17(15-18)12-13-19(22)21-14-5-4-9-16-7-2-1-3-8-16/h1-3,6-8,10-13,15H,4-5,9,14H2,(H,21,22)/b13-12+. The Morgan fingerprint density at radius 1 is 1.05 bits per heavy atom. The number of unbranched alkanes of at least 4 members (excludes halogenated alkanes) is 1. The molecule has 2 aromatic carbocycles. The molecule has 1 N–H and O–H groups in total. The molecule has 2 rings (SSSR count). The van der Waals surface area contributed by atoms with Gasteiger partial charge in [0.15, 0.2) is 0 Å². The highest BCUT2D eigenvalue weighted by Gasteiger charge is 1.96. The first-order valence-electron chi connectivity index (χ1n) is 7.49. The molecular weight excluding hydrogens is 294 g/mol. The fraction of sp³-hybridized carbons (Fsp3) is 0.211. The van der Waals surface area contributed by atoms with E-state index in [0.29, 0.717) is 11.6 Å². The largest absolute Gasteiger partial charge is 0.353 e. The molecule has 0 bridgehead atoms. The van der Waals surface area contributed by atoms with Crippen LogP contribution in [0.5, 0.6) is 0 Å². The van der Waals surface area contributed by atoms with Gasteiger partial charge in [-0.2, -0.15) is 0 Å². The lowest BCUT2D eigenvalue weighted by Gasteiger charge is -2.03. The van der Waals surface area contributed by atoms with Crippen LogP contribution in [0.1, 0.15) is 24.0 Å². The average molecular weight is 314 g/mol. The first-order valence-corrected chi connectivity index (χ1v) is 7.87. The van der Waals surface area contributed by atoms with Gasteiger partial charge in [-0.1, -0.05) is 54.1 Å². The van der Waals surface area contributed by atoms with Crippen molar-refractivity contribution in [3.63, 3.8) is 0 Å². The van der Waals surface area contributed by atoms with E-state index in [4.69, 9.17) is 11.6 Å². The number of rotatable bonds is 7. The van der Waals surface area contributed by atoms with Gasteiger partial charge in [0.25, 0.3) is 0 Å². The van der Waals surface area contributed by atoms with Crippen LogP contribution < -0.4 is 5.32 Å². The summed E-state index contributed by atoms with van der Waals surface area (Å²) in [6.07, 6.45) is 6.41. The van der Waals surface area contributed by atoms with Crippen molar-refractivity contribution in [2.24, 2.45) is 0 Å². The van der Waals surface area contributed by atoms with Gasteiger partial charge in [-0.15, -0.1) is 0 Å². The van der Waals surface area contributed by atoms with Crippen molar-refractivity contribution in [2.75, 3.05) is 6.54 Å². The number of nitrogens with one attached hydrogen (secondary N) is 1. The van der Waals surface area contributed by atoms with Crippen LogP contribution in [-0.4, -0.2) is 12.5 Å². The Balaban J connectivity index is 1.63. The summed E-state index contributed by atoms with van der Waals surface area (Å²) in [5.41, 5.74) is 2.27. The van der Waals surface area contributed by atoms with Crippen LogP contribution in [0.15, 0.2) is 60.7 Å². The zero-order valence-corrected chi connectivity index (χ0v) is 13.2. The van der Waals surface area contributed by atoms with Crippen LogP contribution >= 0.6 is 11.6 Å². The Morgan fingerprint density at radius 3 is 2.64 bits per heavy atom. The minimum Gasteiger partial charge on any atom is -0.353 e. The summed E-state index contributed by atoms with van der Waals surface area (Å²) in [4.78, 5) is 11.7. The smallest absolute Gasteiger partial charge is 0.243 e. The van der Waals surface area contributed by atoms with Gasteiger partial charge in [0.05, 0.1) is 0 Å². The average Bonchev–Trinajstić information content (AvgIpc) is 2.54. The van der Waals surface area contributed by atoms with Gasteiger partial charge in [0, 0.05) is 17.6 Å². The number of amides is 1. The maximum atomic E-state index is 11.7. The van der Waals surface area contributed by atoms with Gasteiger partial charge in [0.1, 0.15) is 0 Å². The minimum atomic E-state index is -0.0697. The highest BCUT2D eigenvalue weighted by atomic mass is 35.5. The van der Waals surface area contributed by atoms with E-state index < -0.39 is 0 Å². The van der Waals surface area contributed by atoms with Crippen LogP contribution in [0, 0.1) is 0 Å². The molecule has 114 valence electrons. The number of carbonyl (C=O) groups is 1. The van der Waals surface area contributed by atoms with Crippen molar-refractivity contribution in [1.82, 2.24) is 5.32 Å². The molecule has 0 aliphatic carbocycles. The van der Waals surface area contributed by atoms with Gasteiger partial charge in [0.2, 0.25) is 5.91 Å². The van der Waals surface area contributed by atoms with E-state index in [-0.39, 0.29) is 5.91 Å². The van der Waals surface area contributed by atoms with E-state index in [1.807, 2.05) is 30.3 Å². The van der Waals surface area contributed by atoms with Gasteiger partial charge >= 0.3 is 0 Å². The van der Waals surface area contributed by atoms with E-state index in [1.54, 1.807) is 12.2 Å². The lowest BCUT2D eigenvalue weighted by atomic mass is 10.1. The molecule has 0 saturated heterocycles. The topological polar surface area (TPSA) is 29.1 Å². The zero-order valence-electron chi connectivity index (χ0n) is 12.5. The monoisotopic (exact) mass is 313 g/mol. The molecule has 3 heteroatoms. The Hall–Kier alpha value is -2.06. The van der Waals surface area contributed by atoms with Gasteiger partial charge in [-0.3, -0.25) is 4.79 Å². The zero-order chi connectivity index (χ0) is 15.6. The number of hydrogen-bond acceptors (Lipinski definition) is 1. The summed E-state index contributed by atoms with van der Waals surface area (Å²) >= 11 is 5.89. The number of aryl methyl sites for hydroxylation is 1. The molecule has 0 aromatic heterocycles. The molecule has 0 radical (unpaired) electrons. The lowest BCUT2D eigenvalue weighted by Crippen LogP contribution is -2.22. The number of hydrogen-bond donors (Lipinski definition) is 1. The van der Waals surface area contributed by atoms with E-state index >= 15 is 0 Å². The predicted octanol–water partition coefficient (Wildman–Crippen LogP) is 4.49. The molecular formula is C19H20ClNO. The maximum Gasteiger partial charge on any atom is 0.243 e. The predicted molar refractivity (Wildman–Crippen MR) is 92.9 cm³/mol. The summed E-state index contributed by atoms with van der Waals surface area (Å²) in [7, 11) is 0. The normalized spacial score (nSPS) is 10.8. The fourth-order valence-electron chi connectivity index (χ4n) is 2.15. The van der Waals surface area contributed by atoms with Crippen LogP contribution in [0.25, 0.3) is 6.08 Å². The van der Waals surface area contributed by atoms with Crippen LogP contribution in [0.3, 0.4) is 0 Å². The van der Waals surface area contributed by atoms with Crippen LogP contribution in [0.4, 0.5) is 0 Å². The SMILES string of the molecule is O=C(/C=C/c1cccc(Cl)c1)NCCCCc1ccccc1. The number of benzene rings is 2. The van der Waals surface area contributed by atoms with Gasteiger partial charge < -0.3 is 5.32 Å². The highest BCUT2D eigenvalue weighted by Crippen LogP contribution is 2.11.